The maximum Gasteiger partial charge on any atom is 0.154 e. The average Bonchev–Trinajstić information content (AvgIpc) is 2.72. The van der Waals surface area contributed by atoms with Gasteiger partial charge in [-0.05, 0) is 42.8 Å². The van der Waals surface area contributed by atoms with Crippen molar-refractivity contribution in [3.05, 3.63) is 59.9 Å². The molecule has 3 N–H and O–H groups in total. The maximum absolute atomic E-state index is 8.75. The van der Waals surface area contributed by atoms with Gasteiger partial charge in [-0.25, -0.2) is 10.5 Å². The first-order chi connectivity index (χ1) is 13.2. The molecule has 0 saturated carbocycles. The molecule has 0 aliphatic rings. The van der Waals surface area contributed by atoms with Gasteiger partial charge in [0.1, 0.15) is 18.0 Å². The minimum atomic E-state index is -0.102. The van der Waals surface area contributed by atoms with Gasteiger partial charge in [-0.2, -0.15) is 5.11 Å². The minimum absolute atomic E-state index is 0.102. The fourth-order valence-electron chi connectivity index (χ4n) is 2.52. The highest BCUT2D eigenvalue weighted by Gasteiger charge is 2.08. The molecule has 0 spiro atoms. The Balaban J connectivity index is 1.78. The molecule has 0 amide bonds. The summed E-state index contributed by atoms with van der Waals surface area (Å²) < 4.78 is 0. The molecule has 2 heterocycles. The molecule has 0 saturated heterocycles. The molecular formula is C19H20N6O2. The van der Waals surface area contributed by atoms with Crippen LogP contribution >= 0.6 is 0 Å². The zero-order valence-electron chi connectivity index (χ0n) is 14.9. The topological polar surface area (TPSA) is 116 Å². The standard InChI is InChI=1S/C19H20N6O2/c1-13(25-27-10-9-26)16-6-7-18(24-20)19(23-16)22-12-14-4-5-17-15(11-14)3-2-8-21-17/h2-8,11,20,26H,9-10,12H2,1H3,(H,22,23). The number of rotatable bonds is 8. The summed E-state index contributed by atoms with van der Waals surface area (Å²) in [5, 5.41) is 20.5. The molecule has 0 aliphatic carbocycles. The monoisotopic (exact) mass is 364 g/mol. The lowest BCUT2D eigenvalue weighted by atomic mass is 10.1. The molecule has 0 unspecified atom stereocenters. The predicted molar refractivity (Wildman–Crippen MR) is 103 cm³/mol. The van der Waals surface area contributed by atoms with Gasteiger partial charge in [0.25, 0.3) is 0 Å². The molecule has 27 heavy (non-hydrogen) atoms. The van der Waals surface area contributed by atoms with Crippen molar-refractivity contribution in [2.24, 2.45) is 10.3 Å². The Morgan fingerprint density at radius 2 is 2.15 bits per heavy atom. The number of aliphatic hydroxyl groups is 1. The van der Waals surface area contributed by atoms with Gasteiger partial charge in [0.05, 0.1) is 17.8 Å². The number of hydrogen-bond acceptors (Lipinski definition) is 8. The highest BCUT2D eigenvalue weighted by atomic mass is 16.6. The SMILES string of the molecule is CC(=NOCCO)c1ccc(N=N)c(NCc2ccc3ncccc3c2)n1. The van der Waals surface area contributed by atoms with Crippen molar-refractivity contribution in [3.8, 4) is 0 Å². The molecule has 0 aliphatic heterocycles. The van der Waals surface area contributed by atoms with Crippen LogP contribution in [0.5, 0.6) is 0 Å². The van der Waals surface area contributed by atoms with Crippen molar-refractivity contribution in [2.75, 3.05) is 18.5 Å². The van der Waals surface area contributed by atoms with Crippen molar-refractivity contribution in [1.82, 2.24) is 9.97 Å². The first-order valence-corrected chi connectivity index (χ1v) is 8.45. The van der Waals surface area contributed by atoms with E-state index in [1.54, 1.807) is 25.3 Å². The van der Waals surface area contributed by atoms with Crippen molar-refractivity contribution >= 4 is 28.1 Å². The maximum atomic E-state index is 8.75. The number of hydrogen-bond donors (Lipinski definition) is 3. The number of fused-ring (bicyclic) bond motifs is 1. The first-order valence-electron chi connectivity index (χ1n) is 8.45. The van der Waals surface area contributed by atoms with Gasteiger partial charge in [0, 0.05) is 18.1 Å². The summed E-state index contributed by atoms with van der Waals surface area (Å²) in [5.74, 6) is 0.491. The Bertz CT molecular complexity index is 973. The van der Waals surface area contributed by atoms with E-state index in [1.165, 1.54) is 0 Å². The molecule has 3 rings (SSSR count). The van der Waals surface area contributed by atoms with Gasteiger partial charge < -0.3 is 15.3 Å². The Morgan fingerprint density at radius 3 is 2.96 bits per heavy atom. The lowest BCUT2D eigenvalue weighted by Gasteiger charge is -2.10. The Kier molecular flexibility index (Phi) is 6.01. The van der Waals surface area contributed by atoms with Gasteiger partial charge in [-0.15, -0.1) is 0 Å². The molecule has 3 aromatic rings. The summed E-state index contributed by atoms with van der Waals surface area (Å²) in [6.07, 6.45) is 1.77. The van der Waals surface area contributed by atoms with E-state index in [0.717, 1.165) is 16.5 Å². The van der Waals surface area contributed by atoms with Gasteiger partial charge >= 0.3 is 0 Å². The molecule has 138 valence electrons. The number of anilines is 1. The van der Waals surface area contributed by atoms with Crippen LogP contribution < -0.4 is 5.32 Å². The lowest BCUT2D eigenvalue weighted by molar-refractivity contribution is 0.0986. The van der Waals surface area contributed by atoms with E-state index in [4.69, 9.17) is 15.5 Å². The summed E-state index contributed by atoms with van der Waals surface area (Å²) in [6, 6.07) is 13.4. The second-order valence-electron chi connectivity index (χ2n) is 5.79. The number of nitrogens with zero attached hydrogens (tertiary/aromatic N) is 4. The van der Waals surface area contributed by atoms with Gasteiger partial charge in [-0.1, -0.05) is 17.3 Å². The third-order valence-electron chi connectivity index (χ3n) is 3.88. The second kappa shape index (κ2) is 8.81. The van der Waals surface area contributed by atoms with Crippen LogP contribution in [0.1, 0.15) is 18.2 Å². The van der Waals surface area contributed by atoms with Crippen LogP contribution in [0.2, 0.25) is 0 Å². The van der Waals surface area contributed by atoms with E-state index < -0.39 is 0 Å². The van der Waals surface area contributed by atoms with E-state index in [2.05, 4.69) is 31.6 Å². The number of oxime groups is 1. The minimum Gasteiger partial charge on any atom is -0.393 e. The van der Waals surface area contributed by atoms with Crippen molar-refractivity contribution in [2.45, 2.75) is 13.5 Å². The van der Waals surface area contributed by atoms with Gasteiger partial charge in [0.2, 0.25) is 0 Å². The van der Waals surface area contributed by atoms with Crippen molar-refractivity contribution in [1.29, 1.82) is 5.53 Å². The molecule has 2 aromatic heterocycles. The van der Waals surface area contributed by atoms with Gasteiger partial charge in [-0.3, -0.25) is 4.98 Å². The third-order valence-corrected chi connectivity index (χ3v) is 3.88. The van der Waals surface area contributed by atoms with Crippen LogP contribution in [0, 0.1) is 5.53 Å². The number of aliphatic hydroxyl groups excluding tert-OH is 1. The summed E-state index contributed by atoms with van der Waals surface area (Å²) in [5.41, 5.74) is 11.0. The molecule has 0 bridgehead atoms. The second-order valence-corrected chi connectivity index (χ2v) is 5.79. The molecule has 8 nitrogen and oxygen atoms in total. The highest BCUT2D eigenvalue weighted by Crippen LogP contribution is 2.24. The predicted octanol–water partition coefficient (Wildman–Crippen LogP) is 3.64. The first kappa shape index (κ1) is 18.4. The fraction of sp³-hybridized carbons (Fsp3) is 0.211. The Morgan fingerprint density at radius 1 is 1.26 bits per heavy atom. The van der Waals surface area contributed by atoms with E-state index in [9.17, 15) is 0 Å². The third kappa shape index (κ3) is 4.62. The smallest absolute Gasteiger partial charge is 0.154 e. The van der Waals surface area contributed by atoms with E-state index in [0.29, 0.717) is 29.5 Å². The van der Waals surface area contributed by atoms with Crippen molar-refractivity contribution in [3.63, 3.8) is 0 Å². The Hall–Kier alpha value is -3.39. The van der Waals surface area contributed by atoms with Crippen LogP contribution in [-0.2, 0) is 11.4 Å². The van der Waals surface area contributed by atoms with Crippen LogP contribution in [-0.4, -0.2) is 34.0 Å². The lowest BCUT2D eigenvalue weighted by Crippen LogP contribution is -2.06. The highest BCUT2D eigenvalue weighted by molar-refractivity contribution is 5.97. The fourth-order valence-corrected chi connectivity index (χ4v) is 2.52. The molecule has 8 heteroatoms. The average molecular weight is 364 g/mol. The van der Waals surface area contributed by atoms with Crippen LogP contribution in [0.25, 0.3) is 10.9 Å². The quantitative estimate of drug-likeness (QED) is 0.244. The molecule has 0 fully saturated rings. The summed E-state index contributed by atoms with van der Waals surface area (Å²) in [7, 11) is 0. The number of nitrogens with one attached hydrogen (secondary N) is 2. The number of pyridine rings is 2. The van der Waals surface area contributed by atoms with E-state index in [-0.39, 0.29) is 13.2 Å². The van der Waals surface area contributed by atoms with Gasteiger partial charge in [0.15, 0.2) is 5.82 Å². The normalized spacial score (nSPS) is 11.4. The summed E-state index contributed by atoms with van der Waals surface area (Å²) in [4.78, 5) is 13.8. The molecule has 1 aromatic carbocycles. The van der Waals surface area contributed by atoms with E-state index >= 15 is 0 Å². The summed E-state index contributed by atoms with van der Waals surface area (Å²) in [6.45, 7) is 2.31. The number of aromatic nitrogens is 2. The zero-order chi connectivity index (χ0) is 19.1. The Labute approximate surface area is 156 Å². The summed E-state index contributed by atoms with van der Waals surface area (Å²) >= 11 is 0. The molecule has 0 radical (unpaired) electrons. The van der Waals surface area contributed by atoms with Crippen LogP contribution in [0.3, 0.4) is 0 Å². The van der Waals surface area contributed by atoms with Crippen LogP contribution in [0.4, 0.5) is 11.5 Å². The van der Waals surface area contributed by atoms with Crippen molar-refractivity contribution < 1.29 is 9.94 Å². The largest absolute Gasteiger partial charge is 0.393 e. The zero-order valence-corrected chi connectivity index (χ0v) is 14.9. The molecular weight excluding hydrogens is 344 g/mol. The molecule has 0 atom stereocenters. The van der Waals surface area contributed by atoms with E-state index in [1.807, 2.05) is 24.3 Å². The number of benzene rings is 1. The van der Waals surface area contributed by atoms with Crippen LogP contribution in [0.15, 0.2) is 58.9 Å².